The molecule has 0 unspecified atom stereocenters. The van der Waals surface area contributed by atoms with Crippen LogP contribution in [0.5, 0.6) is 5.75 Å². The molecule has 1 fully saturated rings. The Morgan fingerprint density at radius 2 is 2.00 bits per heavy atom. The van der Waals surface area contributed by atoms with Gasteiger partial charge in [-0.25, -0.2) is 0 Å². The number of benzene rings is 2. The highest BCUT2D eigenvalue weighted by atomic mass is 16.5. The standard InChI is InChI=1S/C24H27NO4/c1-15-20-14-18(27-3)11-12-21(20)29-22(15)16(2)25-24(26)19-10-7-13-28-23(19)17-8-5-4-6-9-17/h4-6,8-9,11-12,14,16,19,23H,7,10,13H2,1-3H3,(H,25,26)/t16-,19+,23-/m0/s1. The lowest BCUT2D eigenvalue weighted by Gasteiger charge is -2.32. The number of hydrogen-bond acceptors (Lipinski definition) is 4. The highest BCUT2D eigenvalue weighted by Gasteiger charge is 2.34. The SMILES string of the molecule is COc1ccc2oc([C@H](C)NC(=O)[C@@H]3CCCO[C@H]3c3ccccc3)c(C)c2c1. The Labute approximate surface area is 171 Å². The van der Waals surface area contributed by atoms with Gasteiger partial charge in [0.1, 0.15) is 17.1 Å². The van der Waals surface area contributed by atoms with Gasteiger partial charge in [0.2, 0.25) is 5.91 Å². The Kier molecular flexibility index (Phi) is 5.58. The summed E-state index contributed by atoms with van der Waals surface area (Å²) in [6.45, 7) is 4.66. The van der Waals surface area contributed by atoms with Crippen LogP contribution < -0.4 is 10.1 Å². The van der Waals surface area contributed by atoms with Gasteiger partial charge < -0.3 is 19.2 Å². The van der Waals surface area contributed by atoms with Crippen LogP contribution in [0.15, 0.2) is 52.9 Å². The van der Waals surface area contributed by atoms with Crippen molar-refractivity contribution in [2.75, 3.05) is 13.7 Å². The second-order valence-electron chi connectivity index (χ2n) is 7.63. The van der Waals surface area contributed by atoms with Crippen LogP contribution in [0.2, 0.25) is 0 Å². The van der Waals surface area contributed by atoms with Crippen molar-refractivity contribution in [3.05, 3.63) is 65.4 Å². The largest absolute Gasteiger partial charge is 0.497 e. The molecule has 1 saturated heterocycles. The van der Waals surface area contributed by atoms with Crippen LogP contribution in [-0.4, -0.2) is 19.6 Å². The van der Waals surface area contributed by atoms with Crippen LogP contribution in [-0.2, 0) is 9.53 Å². The van der Waals surface area contributed by atoms with E-state index in [-0.39, 0.29) is 24.0 Å². The highest BCUT2D eigenvalue weighted by molar-refractivity contribution is 5.84. The molecule has 0 bridgehead atoms. The van der Waals surface area contributed by atoms with Crippen LogP contribution >= 0.6 is 0 Å². The highest BCUT2D eigenvalue weighted by Crippen LogP contribution is 2.35. The summed E-state index contributed by atoms with van der Waals surface area (Å²) < 4.78 is 17.4. The van der Waals surface area contributed by atoms with Crippen LogP contribution in [0.25, 0.3) is 11.0 Å². The maximum absolute atomic E-state index is 13.1. The lowest BCUT2D eigenvalue weighted by Crippen LogP contribution is -2.38. The molecule has 1 N–H and O–H groups in total. The van der Waals surface area contributed by atoms with E-state index in [4.69, 9.17) is 13.9 Å². The second-order valence-corrected chi connectivity index (χ2v) is 7.63. The summed E-state index contributed by atoms with van der Waals surface area (Å²) in [5.41, 5.74) is 2.86. The van der Waals surface area contributed by atoms with Gasteiger partial charge in [-0.15, -0.1) is 0 Å². The zero-order chi connectivity index (χ0) is 20.4. The fourth-order valence-corrected chi connectivity index (χ4v) is 4.17. The van der Waals surface area contributed by atoms with E-state index in [1.54, 1.807) is 7.11 Å². The molecule has 29 heavy (non-hydrogen) atoms. The molecule has 4 rings (SSSR count). The van der Waals surface area contributed by atoms with Crippen LogP contribution in [0.3, 0.4) is 0 Å². The number of carbonyl (C=O) groups excluding carboxylic acids is 1. The maximum Gasteiger partial charge on any atom is 0.226 e. The van der Waals surface area contributed by atoms with E-state index in [1.165, 1.54) is 0 Å². The van der Waals surface area contributed by atoms with E-state index in [9.17, 15) is 4.79 Å². The van der Waals surface area contributed by atoms with Gasteiger partial charge in [0, 0.05) is 17.6 Å². The topological polar surface area (TPSA) is 60.7 Å². The zero-order valence-corrected chi connectivity index (χ0v) is 17.1. The minimum atomic E-state index is -0.237. The van der Waals surface area contributed by atoms with Crippen molar-refractivity contribution in [3.63, 3.8) is 0 Å². The van der Waals surface area contributed by atoms with E-state index >= 15 is 0 Å². The minimum Gasteiger partial charge on any atom is -0.497 e. The molecule has 0 aliphatic carbocycles. The summed E-state index contributed by atoms with van der Waals surface area (Å²) in [4.78, 5) is 13.1. The van der Waals surface area contributed by atoms with E-state index in [0.29, 0.717) is 6.61 Å². The molecule has 5 heteroatoms. The van der Waals surface area contributed by atoms with E-state index in [2.05, 4.69) is 5.32 Å². The summed E-state index contributed by atoms with van der Waals surface area (Å²) in [7, 11) is 1.65. The normalized spacial score (nSPS) is 20.4. The quantitative estimate of drug-likeness (QED) is 0.655. The molecule has 1 aliphatic rings. The number of amides is 1. The Bertz CT molecular complexity index is 995. The molecule has 0 saturated carbocycles. The first-order valence-electron chi connectivity index (χ1n) is 10.1. The lowest BCUT2D eigenvalue weighted by atomic mass is 9.88. The van der Waals surface area contributed by atoms with Crippen molar-refractivity contribution < 1.29 is 18.7 Å². The molecular weight excluding hydrogens is 366 g/mol. The molecule has 3 atom stereocenters. The first-order valence-corrected chi connectivity index (χ1v) is 10.1. The minimum absolute atomic E-state index is 0.00323. The number of rotatable bonds is 5. The van der Waals surface area contributed by atoms with Crippen LogP contribution in [0, 0.1) is 12.8 Å². The molecule has 0 spiro atoms. The average molecular weight is 393 g/mol. The fourth-order valence-electron chi connectivity index (χ4n) is 4.17. The molecular formula is C24H27NO4. The second kappa shape index (κ2) is 8.29. The Morgan fingerprint density at radius 3 is 2.76 bits per heavy atom. The van der Waals surface area contributed by atoms with Crippen molar-refractivity contribution in [1.29, 1.82) is 0 Å². The summed E-state index contributed by atoms with van der Waals surface area (Å²) in [6.07, 6.45) is 1.49. The van der Waals surface area contributed by atoms with Gasteiger partial charge in [0.25, 0.3) is 0 Å². The molecule has 5 nitrogen and oxygen atoms in total. The van der Waals surface area contributed by atoms with Gasteiger partial charge >= 0.3 is 0 Å². The molecule has 1 aromatic heterocycles. The van der Waals surface area contributed by atoms with Crippen LogP contribution in [0.4, 0.5) is 0 Å². The van der Waals surface area contributed by atoms with Crippen molar-refractivity contribution in [3.8, 4) is 5.75 Å². The molecule has 3 aromatic rings. The monoisotopic (exact) mass is 393 g/mol. The number of aryl methyl sites for hydroxylation is 1. The molecule has 2 heterocycles. The lowest BCUT2D eigenvalue weighted by molar-refractivity contribution is -0.135. The molecule has 1 aliphatic heterocycles. The summed E-state index contributed by atoms with van der Waals surface area (Å²) in [5, 5.41) is 4.16. The summed E-state index contributed by atoms with van der Waals surface area (Å²) in [6, 6.07) is 15.5. The van der Waals surface area contributed by atoms with Gasteiger partial charge in [-0.2, -0.15) is 0 Å². The van der Waals surface area contributed by atoms with Crippen LogP contribution in [0.1, 0.15) is 48.8 Å². The van der Waals surface area contributed by atoms with Crippen molar-refractivity contribution in [2.45, 2.75) is 38.8 Å². The number of fused-ring (bicyclic) bond motifs is 1. The number of ether oxygens (including phenoxy) is 2. The third-order valence-electron chi connectivity index (χ3n) is 5.72. The average Bonchev–Trinajstić information content (AvgIpc) is 3.10. The summed E-state index contributed by atoms with van der Waals surface area (Å²) >= 11 is 0. The van der Waals surface area contributed by atoms with Crippen molar-refractivity contribution in [1.82, 2.24) is 5.32 Å². The molecule has 1 amide bonds. The predicted octanol–water partition coefficient (Wildman–Crippen LogP) is 5.09. The maximum atomic E-state index is 13.1. The number of nitrogens with one attached hydrogen (secondary N) is 1. The Hall–Kier alpha value is -2.79. The number of hydrogen-bond donors (Lipinski definition) is 1. The number of methoxy groups -OCH3 is 1. The zero-order valence-electron chi connectivity index (χ0n) is 17.1. The van der Waals surface area contributed by atoms with Gasteiger partial charge in [-0.3, -0.25) is 4.79 Å². The van der Waals surface area contributed by atoms with E-state index in [1.807, 2.05) is 62.4 Å². The first kappa shape index (κ1) is 19.5. The molecule has 152 valence electrons. The smallest absolute Gasteiger partial charge is 0.226 e. The van der Waals surface area contributed by atoms with Crippen molar-refractivity contribution in [2.24, 2.45) is 5.92 Å². The van der Waals surface area contributed by atoms with E-state index < -0.39 is 0 Å². The van der Waals surface area contributed by atoms with Gasteiger partial charge in [-0.1, -0.05) is 30.3 Å². The van der Waals surface area contributed by atoms with Gasteiger partial charge in [-0.05, 0) is 50.5 Å². The fraction of sp³-hybridized carbons (Fsp3) is 0.375. The third-order valence-corrected chi connectivity index (χ3v) is 5.72. The Balaban J connectivity index is 1.54. The molecule has 0 radical (unpaired) electrons. The Morgan fingerprint density at radius 1 is 1.21 bits per heavy atom. The molecule has 2 aromatic carbocycles. The van der Waals surface area contributed by atoms with Gasteiger partial charge in [0.15, 0.2) is 0 Å². The van der Waals surface area contributed by atoms with Crippen molar-refractivity contribution >= 4 is 16.9 Å². The first-order chi connectivity index (χ1) is 14.1. The summed E-state index contributed by atoms with van der Waals surface area (Å²) in [5.74, 6) is 1.35. The van der Waals surface area contributed by atoms with E-state index in [0.717, 1.165) is 46.4 Å². The third kappa shape index (κ3) is 3.87. The van der Waals surface area contributed by atoms with Gasteiger partial charge in [0.05, 0.1) is 25.2 Å². The predicted molar refractivity (Wildman–Crippen MR) is 112 cm³/mol. The number of furan rings is 1. The number of carbonyl (C=O) groups is 1.